The molecule has 0 bridgehead atoms. The van der Waals surface area contributed by atoms with Crippen molar-refractivity contribution in [3.63, 3.8) is 0 Å². The van der Waals surface area contributed by atoms with Crippen LogP contribution in [0.4, 0.5) is 0 Å². The van der Waals surface area contributed by atoms with Crippen LogP contribution in [0.2, 0.25) is 0 Å². The predicted octanol–water partition coefficient (Wildman–Crippen LogP) is -0.708. The minimum atomic E-state index is -0.833. The molecule has 16 heavy (non-hydrogen) atoms. The average molecular weight is 266 g/mol. The van der Waals surface area contributed by atoms with E-state index in [1.54, 1.807) is 0 Å². The molecule has 0 aliphatic rings. The number of aliphatic carboxylic acids is 3. The van der Waals surface area contributed by atoms with Crippen molar-refractivity contribution < 1.29 is 29.7 Å². The van der Waals surface area contributed by atoms with Gasteiger partial charge in [0.05, 0.1) is 0 Å². The molecule has 0 spiro atoms. The van der Waals surface area contributed by atoms with Gasteiger partial charge in [-0.05, 0) is 0 Å². The predicted molar refractivity (Wildman–Crippen MR) is 62.2 cm³/mol. The molecule has 0 rings (SSSR count). The van der Waals surface area contributed by atoms with E-state index in [1.807, 2.05) is 0 Å². The molecule has 10 heteroatoms. The molecular formula is C6H15NNa3O6. The van der Waals surface area contributed by atoms with E-state index in [9.17, 15) is 0 Å². The van der Waals surface area contributed by atoms with Crippen LogP contribution in [0.1, 0.15) is 20.8 Å². The number of hydrogen-bond acceptors (Lipinski definition) is 4. The van der Waals surface area contributed by atoms with Gasteiger partial charge >= 0.3 is 0 Å². The topological polar surface area (TPSA) is 147 Å². The monoisotopic (exact) mass is 266 g/mol. The molecule has 3 radical (unpaired) electrons. The summed E-state index contributed by atoms with van der Waals surface area (Å²) in [6.45, 7) is 3.25. The summed E-state index contributed by atoms with van der Waals surface area (Å²) < 4.78 is 0. The van der Waals surface area contributed by atoms with Crippen molar-refractivity contribution in [2.75, 3.05) is 0 Å². The first-order valence-electron chi connectivity index (χ1n) is 2.78. The molecule has 0 aromatic carbocycles. The first-order chi connectivity index (χ1) is 5.20. The maximum absolute atomic E-state index is 9.00. The Morgan fingerprint density at radius 3 is 0.625 bits per heavy atom. The molecule has 6 N–H and O–H groups in total. The smallest absolute Gasteiger partial charge is 0.300 e. The van der Waals surface area contributed by atoms with E-state index in [0.29, 0.717) is 0 Å². The molecule has 0 aromatic heterocycles. The van der Waals surface area contributed by atoms with Crippen LogP contribution in [-0.4, -0.2) is 122 Å². The summed E-state index contributed by atoms with van der Waals surface area (Å²) in [4.78, 5) is 27.0. The molecule has 0 saturated carbocycles. The summed E-state index contributed by atoms with van der Waals surface area (Å²) in [6.07, 6.45) is 0. The van der Waals surface area contributed by atoms with E-state index >= 15 is 0 Å². The third-order valence-electron chi connectivity index (χ3n) is 0. The van der Waals surface area contributed by atoms with Crippen molar-refractivity contribution in [2.24, 2.45) is 0 Å². The first-order valence-corrected chi connectivity index (χ1v) is 2.78. The Kier molecular flexibility index (Phi) is 97.3. The van der Waals surface area contributed by atoms with E-state index in [4.69, 9.17) is 29.7 Å². The Morgan fingerprint density at radius 2 is 0.625 bits per heavy atom. The molecule has 0 amide bonds. The van der Waals surface area contributed by atoms with Gasteiger partial charge in [-0.25, -0.2) is 0 Å². The van der Waals surface area contributed by atoms with Gasteiger partial charge in [-0.2, -0.15) is 0 Å². The van der Waals surface area contributed by atoms with E-state index < -0.39 is 17.9 Å². The van der Waals surface area contributed by atoms with E-state index in [2.05, 4.69) is 0 Å². The minimum Gasteiger partial charge on any atom is -0.481 e. The maximum atomic E-state index is 9.00. The molecule has 0 aliphatic carbocycles. The van der Waals surface area contributed by atoms with Crippen LogP contribution < -0.4 is 6.15 Å². The number of rotatable bonds is 0. The minimum absolute atomic E-state index is 0. The zero-order valence-electron chi connectivity index (χ0n) is 10.8. The van der Waals surface area contributed by atoms with Gasteiger partial charge in [-0.3, -0.25) is 14.4 Å². The summed E-state index contributed by atoms with van der Waals surface area (Å²) in [5.41, 5.74) is 0. The molecule has 0 unspecified atom stereocenters. The first kappa shape index (κ1) is 43.3. The van der Waals surface area contributed by atoms with Gasteiger partial charge in [0.15, 0.2) is 0 Å². The number of carboxylic acid groups (broad SMARTS) is 3. The fraction of sp³-hybridized carbons (Fsp3) is 0.500. The number of carbonyl (C=O) groups is 3. The Morgan fingerprint density at radius 1 is 0.625 bits per heavy atom. The van der Waals surface area contributed by atoms with Gasteiger partial charge in [-0.15, -0.1) is 0 Å². The van der Waals surface area contributed by atoms with Crippen molar-refractivity contribution in [1.29, 1.82) is 0 Å². The third-order valence-corrected chi connectivity index (χ3v) is 0. The van der Waals surface area contributed by atoms with Crippen LogP contribution in [0.15, 0.2) is 0 Å². The summed E-state index contributed by atoms with van der Waals surface area (Å²) in [6, 6.07) is 0. The largest absolute Gasteiger partial charge is 0.481 e. The SMILES string of the molecule is CC(=O)O.CC(=O)O.CC(=O)O.N.[Na].[Na].[Na]. The molecular weight excluding hydrogens is 251 g/mol. The normalized spacial score (nSPS) is 4.69. The van der Waals surface area contributed by atoms with Crippen molar-refractivity contribution in [3.05, 3.63) is 0 Å². The third kappa shape index (κ3) is 1690. The van der Waals surface area contributed by atoms with E-state index in [-0.39, 0.29) is 94.8 Å². The second-order valence-corrected chi connectivity index (χ2v) is 1.56. The van der Waals surface area contributed by atoms with Crippen LogP contribution in [0.25, 0.3) is 0 Å². The number of hydrogen-bond donors (Lipinski definition) is 4. The summed E-state index contributed by atoms with van der Waals surface area (Å²) in [5, 5.41) is 22.2. The molecule has 0 aliphatic heterocycles. The zero-order valence-corrected chi connectivity index (χ0v) is 16.8. The standard InChI is InChI=1S/3C2H4O2.H3N.3Na/c3*1-2(3)4;;;;/h3*1H3,(H,3,4);1H3;;;. The van der Waals surface area contributed by atoms with Crippen molar-refractivity contribution in [3.8, 4) is 0 Å². The van der Waals surface area contributed by atoms with Gasteiger partial charge in [0.25, 0.3) is 17.9 Å². The fourth-order valence-electron chi connectivity index (χ4n) is 0. The summed E-state index contributed by atoms with van der Waals surface area (Å²) >= 11 is 0. The van der Waals surface area contributed by atoms with Gasteiger partial charge in [-0.1, -0.05) is 0 Å². The van der Waals surface area contributed by atoms with Crippen molar-refractivity contribution >= 4 is 107 Å². The van der Waals surface area contributed by atoms with Gasteiger partial charge < -0.3 is 21.5 Å². The Balaban J connectivity index is -0.0000000135. The van der Waals surface area contributed by atoms with Crippen LogP contribution in [-0.2, 0) is 14.4 Å². The van der Waals surface area contributed by atoms with E-state index in [1.165, 1.54) is 0 Å². The van der Waals surface area contributed by atoms with Crippen LogP contribution in [0.3, 0.4) is 0 Å². The quantitative estimate of drug-likeness (QED) is 0.423. The fourth-order valence-corrected chi connectivity index (χ4v) is 0. The summed E-state index contributed by atoms with van der Waals surface area (Å²) in [7, 11) is 0. The molecule has 7 nitrogen and oxygen atoms in total. The molecule has 0 atom stereocenters. The second-order valence-electron chi connectivity index (χ2n) is 1.56. The molecule has 0 aromatic rings. The maximum Gasteiger partial charge on any atom is 0.300 e. The van der Waals surface area contributed by atoms with Gasteiger partial charge in [0.1, 0.15) is 0 Å². The van der Waals surface area contributed by atoms with Crippen molar-refractivity contribution in [1.82, 2.24) is 6.15 Å². The van der Waals surface area contributed by atoms with Crippen LogP contribution >= 0.6 is 0 Å². The Bertz CT molecular complexity index is 126. The second kappa shape index (κ2) is 36.0. The van der Waals surface area contributed by atoms with Gasteiger partial charge in [0.2, 0.25) is 0 Å². The number of carboxylic acids is 3. The molecule has 83 valence electrons. The van der Waals surface area contributed by atoms with Gasteiger partial charge in [0, 0.05) is 109 Å². The van der Waals surface area contributed by atoms with Crippen LogP contribution in [0, 0.1) is 0 Å². The summed E-state index contributed by atoms with van der Waals surface area (Å²) in [5.74, 6) is -2.50. The average Bonchev–Trinajstić information content (AvgIpc) is 1.54. The molecule has 0 saturated heterocycles. The molecule has 0 fully saturated rings. The van der Waals surface area contributed by atoms with E-state index in [0.717, 1.165) is 20.8 Å². The molecule has 0 heterocycles. The van der Waals surface area contributed by atoms with Crippen LogP contribution in [0.5, 0.6) is 0 Å². The Labute approximate surface area is 161 Å². The van der Waals surface area contributed by atoms with Crippen molar-refractivity contribution in [2.45, 2.75) is 20.8 Å². The Hall–Kier alpha value is 1.37. The zero-order chi connectivity index (χ0) is 10.7.